The molecule has 16 heavy (non-hydrogen) atoms. The molecule has 82 valence electrons. The number of hydrogen-bond donors (Lipinski definition) is 2. The van der Waals surface area contributed by atoms with E-state index < -0.39 is 5.91 Å². The van der Waals surface area contributed by atoms with Crippen molar-refractivity contribution in [2.24, 2.45) is 0 Å². The number of hydrogen-bond acceptors (Lipinski definition) is 4. The Morgan fingerprint density at radius 2 is 2.25 bits per heavy atom. The van der Waals surface area contributed by atoms with Gasteiger partial charge in [0.2, 0.25) is 5.82 Å². The third-order valence-corrected chi connectivity index (χ3v) is 1.97. The highest BCUT2D eigenvalue weighted by Gasteiger charge is 2.11. The molecule has 0 bridgehead atoms. The van der Waals surface area contributed by atoms with Crippen LogP contribution in [0.3, 0.4) is 0 Å². The number of aryl methyl sites for hydroxylation is 1. The molecule has 0 aliphatic carbocycles. The Hall–Kier alpha value is -1.95. The molecule has 0 fully saturated rings. The van der Waals surface area contributed by atoms with Crippen LogP contribution in [0.2, 0.25) is 5.15 Å². The Morgan fingerprint density at radius 3 is 2.88 bits per heavy atom. The molecule has 0 saturated carbocycles. The van der Waals surface area contributed by atoms with E-state index in [-0.39, 0.29) is 5.82 Å². The van der Waals surface area contributed by atoms with Crippen molar-refractivity contribution in [3.63, 3.8) is 0 Å². The third-order valence-electron chi connectivity index (χ3n) is 1.76. The predicted octanol–water partition coefficient (Wildman–Crippen LogP) is 1.41. The van der Waals surface area contributed by atoms with E-state index in [1.54, 1.807) is 25.1 Å². The molecule has 0 aromatic carbocycles. The van der Waals surface area contributed by atoms with E-state index in [4.69, 9.17) is 11.6 Å². The van der Waals surface area contributed by atoms with Crippen molar-refractivity contribution < 1.29 is 4.79 Å². The van der Waals surface area contributed by atoms with Gasteiger partial charge in [0, 0.05) is 0 Å². The Bertz CT molecular complexity index is 524. The summed E-state index contributed by atoms with van der Waals surface area (Å²) < 4.78 is 0. The molecule has 2 heterocycles. The number of H-pyrrole nitrogens is 1. The van der Waals surface area contributed by atoms with E-state index >= 15 is 0 Å². The molecule has 0 radical (unpaired) electrons. The first kappa shape index (κ1) is 10.6. The molecular weight excluding hydrogens is 230 g/mol. The lowest BCUT2D eigenvalue weighted by Crippen LogP contribution is -2.14. The summed E-state index contributed by atoms with van der Waals surface area (Å²) in [4.78, 5) is 19.4. The summed E-state index contributed by atoms with van der Waals surface area (Å²) in [6.07, 6.45) is 0. The number of carbonyl (C=O) groups is 1. The second-order valence-electron chi connectivity index (χ2n) is 3.04. The van der Waals surface area contributed by atoms with Crippen molar-refractivity contribution in [3.05, 3.63) is 35.0 Å². The second kappa shape index (κ2) is 4.28. The number of aromatic nitrogens is 4. The van der Waals surface area contributed by atoms with E-state index in [9.17, 15) is 4.79 Å². The first-order valence-electron chi connectivity index (χ1n) is 4.48. The van der Waals surface area contributed by atoms with Gasteiger partial charge in [-0.2, -0.15) is 0 Å². The molecule has 7 heteroatoms. The molecule has 2 aromatic rings. The van der Waals surface area contributed by atoms with Gasteiger partial charge >= 0.3 is 0 Å². The van der Waals surface area contributed by atoms with Gasteiger partial charge in [-0.3, -0.25) is 9.89 Å². The van der Waals surface area contributed by atoms with E-state index in [2.05, 4.69) is 25.5 Å². The van der Waals surface area contributed by atoms with Crippen molar-refractivity contribution in [2.45, 2.75) is 6.92 Å². The van der Waals surface area contributed by atoms with Crippen LogP contribution in [0.4, 0.5) is 5.82 Å². The monoisotopic (exact) mass is 237 g/mol. The summed E-state index contributed by atoms with van der Waals surface area (Å²) in [6, 6.07) is 4.94. The number of rotatable bonds is 2. The zero-order chi connectivity index (χ0) is 11.5. The molecule has 0 spiro atoms. The number of aromatic amines is 1. The average Bonchev–Trinajstić information content (AvgIpc) is 2.65. The summed E-state index contributed by atoms with van der Waals surface area (Å²) >= 11 is 5.68. The fourth-order valence-electron chi connectivity index (χ4n) is 1.09. The SMILES string of the molecule is Cc1nc(C(=O)Nc2cccc(Cl)n2)n[nH]1. The molecule has 2 rings (SSSR count). The molecule has 2 aromatic heterocycles. The Kier molecular flexibility index (Phi) is 2.82. The summed E-state index contributed by atoms with van der Waals surface area (Å²) in [7, 11) is 0. The number of nitrogens with one attached hydrogen (secondary N) is 2. The highest BCUT2D eigenvalue weighted by molar-refractivity contribution is 6.29. The van der Waals surface area contributed by atoms with Crippen LogP contribution in [0.5, 0.6) is 0 Å². The van der Waals surface area contributed by atoms with Gasteiger partial charge in [0.25, 0.3) is 5.91 Å². The largest absolute Gasteiger partial charge is 0.304 e. The minimum atomic E-state index is -0.431. The maximum Gasteiger partial charge on any atom is 0.296 e. The van der Waals surface area contributed by atoms with Crippen LogP contribution in [-0.2, 0) is 0 Å². The molecule has 0 atom stereocenters. The number of carbonyl (C=O) groups excluding carboxylic acids is 1. The Morgan fingerprint density at radius 1 is 1.44 bits per heavy atom. The van der Waals surface area contributed by atoms with Crippen LogP contribution >= 0.6 is 11.6 Å². The van der Waals surface area contributed by atoms with Gasteiger partial charge in [-0.1, -0.05) is 17.7 Å². The van der Waals surface area contributed by atoms with E-state index in [1.807, 2.05) is 0 Å². The number of nitrogens with zero attached hydrogens (tertiary/aromatic N) is 3. The lowest BCUT2D eigenvalue weighted by atomic mass is 10.4. The van der Waals surface area contributed by atoms with Crippen LogP contribution in [0.15, 0.2) is 18.2 Å². The number of pyridine rings is 1. The zero-order valence-corrected chi connectivity index (χ0v) is 9.12. The molecule has 1 amide bonds. The first-order chi connectivity index (χ1) is 7.65. The van der Waals surface area contributed by atoms with Crippen LogP contribution < -0.4 is 5.32 Å². The minimum absolute atomic E-state index is 0.0688. The first-order valence-corrected chi connectivity index (χ1v) is 4.86. The van der Waals surface area contributed by atoms with Crippen LogP contribution in [0, 0.1) is 6.92 Å². The topological polar surface area (TPSA) is 83.6 Å². The van der Waals surface area contributed by atoms with Crippen LogP contribution in [-0.4, -0.2) is 26.1 Å². The Labute approximate surface area is 96.1 Å². The van der Waals surface area contributed by atoms with Crippen molar-refractivity contribution in [2.75, 3.05) is 5.32 Å². The quantitative estimate of drug-likeness (QED) is 0.774. The molecule has 2 N–H and O–H groups in total. The maximum absolute atomic E-state index is 11.6. The van der Waals surface area contributed by atoms with Gasteiger partial charge < -0.3 is 5.32 Å². The highest BCUT2D eigenvalue weighted by Crippen LogP contribution is 2.09. The van der Waals surface area contributed by atoms with E-state index in [1.165, 1.54) is 0 Å². The normalized spacial score (nSPS) is 10.1. The van der Waals surface area contributed by atoms with E-state index in [0.29, 0.717) is 16.8 Å². The minimum Gasteiger partial charge on any atom is -0.304 e. The summed E-state index contributed by atoms with van der Waals surface area (Å²) in [5, 5.41) is 9.15. The number of anilines is 1. The molecule has 6 nitrogen and oxygen atoms in total. The summed E-state index contributed by atoms with van der Waals surface area (Å²) in [6.45, 7) is 1.71. The van der Waals surface area contributed by atoms with Gasteiger partial charge in [-0.25, -0.2) is 9.97 Å². The van der Waals surface area contributed by atoms with Crippen molar-refractivity contribution >= 4 is 23.3 Å². The molecule has 0 saturated heterocycles. The molecule has 0 aliphatic rings. The lowest BCUT2D eigenvalue weighted by Gasteiger charge is -2.00. The predicted molar refractivity (Wildman–Crippen MR) is 58.3 cm³/mol. The van der Waals surface area contributed by atoms with Crippen LogP contribution in [0.25, 0.3) is 0 Å². The van der Waals surface area contributed by atoms with Gasteiger partial charge in [-0.15, -0.1) is 5.10 Å². The summed E-state index contributed by atoms with van der Waals surface area (Å²) in [5.74, 6) is 0.572. The highest BCUT2D eigenvalue weighted by atomic mass is 35.5. The van der Waals surface area contributed by atoms with Crippen molar-refractivity contribution in [1.29, 1.82) is 0 Å². The third kappa shape index (κ3) is 2.34. The summed E-state index contributed by atoms with van der Waals surface area (Å²) in [5.41, 5.74) is 0. The smallest absolute Gasteiger partial charge is 0.296 e. The molecular formula is C9H8ClN5O. The van der Waals surface area contributed by atoms with Gasteiger partial charge in [-0.05, 0) is 19.1 Å². The Balaban J connectivity index is 2.13. The standard InChI is InChI=1S/C9H8ClN5O/c1-5-11-8(15-14-5)9(16)13-7-4-2-3-6(10)12-7/h2-4H,1H3,(H,11,14,15)(H,12,13,16). The van der Waals surface area contributed by atoms with Gasteiger partial charge in [0.1, 0.15) is 16.8 Å². The zero-order valence-electron chi connectivity index (χ0n) is 8.36. The average molecular weight is 238 g/mol. The fraction of sp³-hybridized carbons (Fsp3) is 0.111. The molecule has 0 unspecified atom stereocenters. The number of halogens is 1. The van der Waals surface area contributed by atoms with Crippen molar-refractivity contribution in [3.8, 4) is 0 Å². The van der Waals surface area contributed by atoms with Crippen LogP contribution in [0.1, 0.15) is 16.4 Å². The second-order valence-corrected chi connectivity index (χ2v) is 3.43. The van der Waals surface area contributed by atoms with Gasteiger partial charge in [0.05, 0.1) is 0 Å². The van der Waals surface area contributed by atoms with E-state index in [0.717, 1.165) is 0 Å². The fourth-order valence-corrected chi connectivity index (χ4v) is 1.26. The van der Waals surface area contributed by atoms with Crippen molar-refractivity contribution in [1.82, 2.24) is 20.2 Å². The maximum atomic E-state index is 11.6. The molecule has 0 aliphatic heterocycles. The lowest BCUT2D eigenvalue weighted by molar-refractivity contribution is 0.101. The van der Waals surface area contributed by atoms with Gasteiger partial charge in [0.15, 0.2) is 0 Å². The number of amides is 1.